The molecule has 0 bridgehead atoms. The summed E-state index contributed by atoms with van der Waals surface area (Å²) in [6, 6.07) is 0. The number of nitrogens with zero attached hydrogens (tertiary/aromatic N) is 2. The number of halogens is 1. The molecule has 0 fully saturated rings. The van der Waals surface area contributed by atoms with E-state index in [4.69, 9.17) is 0 Å². The normalized spacial score (nSPS) is 10.0. The Bertz CT molecular complexity index is 164. The van der Waals surface area contributed by atoms with E-state index in [1.807, 2.05) is 6.92 Å². The van der Waals surface area contributed by atoms with Gasteiger partial charge in [0.2, 0.25) is 0 Å². The van der Waals surface area contributed by atoms with Gasteiger partial charge in [-0.2, -0.15) is 0 Å². The summed E-state index contributed by atoms with van der Waals surface area (Å²) >= 11 is 0. The molecule has 0 atom stereocenters. The summed E-state index contributed by atoms with van der Waals surface area (Å²) < 4.78 is 13.2. The monoisotopic (exact) mass is 126 g/mol. The second-order valence-corrected chi connectivity index (χ2v) is 1.67. The Morgan fingerprint density at radius 1 is 1.78 bits per heavy atom. The lowest BCUT2D eigenvalue weighted by molar-refractivity contribution is 0.368. The molecular formula is C6H7FN2. The van der Waals surface area contributed by atoms with Crippen LogP contribution in [0.3, 0.4) is 0 Å². The zero-order chi connectivity index (χ0) is 6.69. The van der Waals surface area contributed by atoms with Gasteiger partial charge < -0.3 is 0 Å². The summed E-state index contributed by atoms with van der Waals surface area (Å²) in [6.45, 7) is 1.37. The van der Waals surface area contributed by atoms with E-state index in [-0.39, 0.29) is 0 Å². The molecule has 1 rings (SSSR count). The molecule has 0 aromatic carbocycles. The van der Waals surface area contributed by atoms with Crippen LogP contribution in [0, 0.1) is 12.5 Å². The zero-order valence-electron chi connectivity index (χ0n) is 5.19. The van der Waals surface area contributed by atoms with E-state index in [1.54, 1.807) is 0 Å². The predicted octanol–water partition coefficient (Wildman–Crippen LogP) is 0.973. The van der Waals surface area contributed by atoms with Gasteiger partial charge in [0, 0.05) is 0 Å². The Hall–Kier alpha value is -0.860. The molecule has 0 saturated heterocycles. The number of aryl methyl sites for hydroxylation is 1. The molecule has 0 spiro atoms. The first kappa shape index (κ1) is 6.26. The van der Waals surface area contributed by atoms with Gasteiger partial charge in [0.1, 0.15) is 6.20 Å². The summed E-state index contributed by atoms with van der Waals surface area (Å²) in [5, 5.41) is 0. The Labute approximate surface area is 53.3 Å². The van der Waals surface area contributed by atoms with Crippen LogP contribution < -0.4 is 0 Å². The van der Waals surface area contributed by atoms with Crippen molar-refractivity contribution in [2.24, 2.45) is 0 Å². The van der Waals surface area contributed by atoms with Gasteiger partial charge in [-0.3, -0.25) is 4.57 Å². The molecule has 0 unspecified atom stereocenters. The second-order valence-electron chi connectivity index (χ2n) is 1.67. The topological polar surface area (TPSA) is 17.8 Å². The Morgan fingerprint density at radius 3 is 3.00 bits per heavy atom. The van der Waals surface area contributed by atoms with E-state index in [0.717, 1.165) is 12.1 Å². The maximum absolute atomic E-state index is 11.9. The van der Waals surface area contributed by atoms with E-state index in [2.05, 4.69) is 17.5 Å². The molecule has 48 valence electrons. The minimum Gasteiger partial charge on any atom is -0.296 e. The van der Waals surface area contributed by atoms with Crippen LogP contribution in [-0.2, 0) is 13.2 Å². The largest absolute Gasteiger partial charge is 0.296 e. The van der Waals surface area contributed by atoms with Crippen LogP contribution in [0.1, 0.15) is 12.6 Å². The molecule has 3 heteroatoms. The minimum atomic E-state index is -0.556. The molecule has 9 heavy (non-hydrogen) atoms. The summed E-state index contributed by atoms with van der Waals surface area (Å²) in [5.74, 6) is 0. The molecule has 1 aromatic heterocycles. The highest BCUT2D eigenvalue weighted by Gasteiger charge is 1.97. The highest BCUT2D eigenvalue weighted by Crippen LogP contribution is 1.97. The summed E-state index contributed by atoms with van der Waals surface area (Å²) in [4.78, 5) is 3.54. The minimum absolute atomic E-state index is 0.556. The average molecular weight is 126 g/mol. The second kappa shape index (κ2) is 2.62. The molecule has 0 aliphatic carbocycles. The Balaban J connectivity index is 2.85. The van der Waals surface area contributed by atoms with Crippen molar-refractivity contribution in [3.63, 3.8) is 0 Å². The molecule has 2 radical (unpaired) electrons. The fraction of sp³-hybridized carbons (Fsp3) is 0.500. The van der Waals surface area contributed by atoms with E-state index in [1.165, 1.54) is 4.57 Å². The third-order valence-corrected chi connectivity index (χ3v) is 1.14. The predicted molar refractivity (Wildman–Crippen MR) is 30.4 cm³/mol. The third-order valence-electron chi connectivity index (χ3n) is 1.14. The molecule has 0 aliphatic heterocycles. The molecule has 0 N–H and O–H groups in total. The van der Waals surface area contributed by atoms with Crippen molar-refractivity contribution < 1.29 is 4.39 Å². The van der Waals surface area contributed by atoms with Crippen molar-refractivity contribution in [3.05, 3.63) is 18.2 Å². The van der Waals surface area contributed by atoms with Crippen LogP contribution in [0.4, 0.5) is 4.39 Å². The fourth-order valence-corrected chi connectivity index (χ4v) is 0.639. The SMILES string of the molecule is CCc1[c]n[c]n1CF. The van der Waals surface area contributed by atoms with E-state index in [9.17, 15) is 4.39 Å². The van der Waals surface area contributed by atoms with Crippen LogP contribution in [0.25, 0.3) is 0 Å². The Morgan fingerprint density at radius 2 is 2.56 bits per heavy atom. The van der Waals surface area contributed by atoms with Crippen molar-refractivity contribution in [2.75, 3.05) is 0 Å². The molecule has 0 amide bonds. The standard InChI is InChI=1S/C6H7FN2/c1-2-6-3-8-5-9(6)4-7/h2,4H2,1H3. The summed E-state index contributed by atoms with van der Waals surface area (Å²) in [7, 11) is 0. The highest BCUT2D eigenvalue weighted by atomic mass is 19.1. The van der Waals surface area contributed by atoms with Crippen LogP contribution in [-0.4, -0.2) is 9.55 Å². The van der Waals surface area contributed by atoms with Gasteiger partial charge in [0.15, 0.2) is 13.1 Å². The number of rotatable bonds is 2. The lowest BCUT2D eigenvalue weighted by Gasteiger charge is -1.95. The van der Waals surface area contributed by atoms with Crippen molar-refractivity contribution in [2.45, 2.75) is 20.1 Å². The first-order valence-electron chi connectivity index (χ1n) is 2.79. The Kier molecular flexibility index (Phi) is 1.82. The van der Waals surface area contributed by atoms with Crippen LogP contribution in [0.15, 0.2) is 0 Å². The van der Waals surface area contributed by atoms with Gasteiger partial charge in [-0.05, 0) is 6.42 Å². The van der Waals surface area contributed by atoms with Gasteiger partial charge in [-0.15, -0.1) is 0 Å². The zero-order valence-corrected chi connectivity index (χ0v) is 5.19. The van der Waals surface area contributed by atoms with Gasteiger partial charge in [-0.1, -0.05) is 6.92 Å². The number of imidazole rings is 1. The van der Waals surface area contributed by atoms with Crippen molar-refractivity contribution >= 4 is 0 Å². The van der Waals surface area contributed by atoms with E-state index >= 15 is 0 Å². The van der Waals surface area contributed by atoms with Gasteiger partial charge in [0.05, 0.1) is 5.69 Å². The fourth-order valence-electron chi connectivity index (χ4n) is 0.639. The number of hydrogen-bond acceptors (Lipinski definition) is 1. The lowest BCUT2D eigenvalue weighted by Crippen LogP contribution is -1.96. The smallest absolute Gasteiger partial charge is 0.179 e. The summed E-state index contributed by atoms with van der Waals surface area (Å²) in [5.41, 5.74) is 0.762. The molecule has 0 saturated carbocycles. The van der Waals surface area contributed by atoms with Gasteiger partial charge in [0.25, 0.3) is 0 Å². The first-order chi connectivity index (χ1) is 4.38. The third kappa shape index (κ3) is 1.09. The molecule has 1 heterocycles. The number of hydrogen-bond donors (Lipinski definition) is 0. The van der Waals surface area contributed by atoms with Crippen LogP contribution >= 0.6 is 0 Å². The molecule has 0 aliphatic rings. The van der Waals surface area contributed by atoms with E-state index in [0.29, 0.717) is 0 Å². The van der Waals surface area contributed by atoms with Gasteiger partial charge in [-0.25, -0.2) is 9.37 Å². The average Bonchev–Trinajstić information content (AvgIpc) is 2.33. The molecule has 2 nitrogen and oxygen atoms in total. The lowest BCUT2D eigenvalue weighted by atomic mass is 10.4. The van der Waals surface area contributed by atoms with Crippen molar-refractivity contribution in [1.82, 2.24) is 9.55 Å². The first-order valence-corrected chi connectivity index (χ1v) is 2.79. The highest BCUT2D eigenvalue weighted by molar-refractivity contribution is 4.93. The summed E-state index contributed by atoms with van der Waals surface area (Å²) in [6.07, 6.45) is 5.82. The number of aromatic nitrogens is 2. The maximum atomic E-state index is 11.9. The van der Waals surface area contributed by atoms with Crippen molar-refractivity contribution in [3.8, 4) is 0 Å². The van der Waals surface area contributed by atoms with E-state index < -0.39 is 6.80 Å². The quantitative estimate of drug-likeness (QED) is 0.577. The number of alkyl halides is 1. The van der Waals surface area contributed by atoms with Gasteiger partial charge >= 0.3 is 0 Å². The maximum Gasteiger partial charge on any atom is 0.179 e. The molecular weight excluding hydrogens is 119 g/mol. The van der Waals surface area contributed by atoms with Crippen LogP contribution in [0.2, 0.25) is 0 Å². The molecule has 1 aromatic rings. The van der Waals surface area contributed by atoms with Crippen molar-refractivity contribution in [1.29, 1.82) is 0 Å². The van der Waals surface area contributed by atoms with Crippen LogP contribution in [0.5, 0.6) is 0 Å².